The Kier molecular flexibility index (Phi) is 7.50. The highest BCUT2D eigenvalue weighted by Crippen LogP contribution is 2.38. The number of benzene rings is 1. The summed E-state index contributed by atoms with van der Waals surface area (Å²) in [4.78, 5) is 54.7. The van der Waals surface area contributed by atoms with Crippen molar-refractivity contribution in [2.45, 2.75) is 44.4 Å². The second-order valence-corrected chi connectivity index (χ2v) is 9.55. The molecule has 1 aromatic carbocycles. The minimum absolute atomic E-state index is 0.234. The molecule has 3 heterocycles. The summed E-state index contributed by atoms with van der Waals surface area (Å²) in [5.74, 6) is -1.24. The lowest BCUT2D eigenvalue weighted by molar-refractivity contribution is -0.141. The molecule has 0 radical (unpaired) electrons. The molecule has 0 aliphatic carbocycles. The van der Waals surface area contributed by atoms with Gasteiger partial charge in [0.05, 0.1) is 6.04 Å². The van der Waals surface area contributed by atoms with Crippen LogP contribution >= 0.6 is 15.9 Å². The number of aldehydes is 1. The van der Waals surface area contributed by atoms with Crippen molar-refractivity contribution in [1.82, 2.24) is 20.0 Å². The van der Waals surface area contributed by atoms with Crippen molar-refractivity contribution < 1.29 is 19.2 Å². The molecule has 1 N–H and O–H groups in total. The Morgan fingerprint density at radius 2 is 1.91 bits per heavy atom. The molecule has 32 heavy (non-hydrogen) atoms. The van der Waals surface area contributed by atoms with Gasteiger partial charge in [-0.25, -0.2) is 0 Å². The van der Waals surface area contributed by atoms with Crippen LogP contribution in [0.4, 0.5) is 0 Å². The highest BCUT2D eigenvalue weighted by Gasteiger charge is 2.43. The van der Waals surface area contributed by atoms with Gasteiger partial charge in [0, 0.05) is 51.0 Å². The monoisotopic (exact) mass is 504 g/mol. The Balaban J connectivity index is 1.47. The van der Waals surface area contributed by atoms with Gasteiger partial charge in [0.2, 0.25) is 17.6 Å². The number of carbonyl (C=O) groups is 4. The Hall–Kier alpha value is -1.94. The molecule has 2 unspecified atom stereocenters. The number of Topliss-reactive ketones (excluding diaryl/α,β-unsaturated/α-hetero) is 1. The van der Waals surface area contributed by atoms with Crippen molar-refractivity contribution in [3.8, 4) is 0 Å². The van der Waals surface area contributed by atoms with Crippen molar-refractivity contribution in [2.75, 3.05) is 38.1 Å². The zero-order chi connectivity index (χ0) is 22.7. The number of ketones is 1. The van der Waals surface area contributed by atoms with Crippen LogP contribution in [-0.2, 0) is 32.3 Å². The van der Waals surface area contributed by atoms with E-state index in [1.165, 1.54) is 0 Å². The fourth-order valence-electron chi connectivity index (χ4n) is 4.99. The topological polar surface area (TPSA) is 90.0 Å². The number of piperidine rings is 1. The van der Waals surface area contributed by atoms with Crippen LogP contribution < -0.4 is 5.32 Å². The zero-order valence-electron chi connectivity index (χ0n) is 18.1. The lowest BCUT2D eigenvalue weighted by Gasteiger charge is -2.34. The molecule has 2 atom stereocenters. The van der Waals surface area contributed by atoms with Gasteiger partial charge in [-0.3, -0.25) is 34.3 Å². The molecular weight excluding hydrogens is 476 g/mol. The summed E-state index contributed by atoms with van der Waals surface area (Å²) in [6.45, 7) is 6.42. The zero-order valence-corrected chi connectivity index (χ0v) is 19.7. The van der Waals surface area contributed by atoms with E-state index in [0.29, 0.717) is 19.3 Å². The summed E-state index contributed by atoms with van der Waals surface area (Å²) in [5, 5.41) is 3.39. The molecule has 3 aliphatic rings. The van der Waals surface area contributed by atoms with Gasteiger partial charge in [-0.2, -0.15) is 0 Å². The van der Waals surface area contributed by atoms with E-state index < -0.39 is 23.8 Å². The number of piperazine rings is 1. The number of hydrogen-bond donors (Lipinski definition) is 1. The summed E-state index contributed by atoms with van der Waals surface area (Å²) in [6.07, 6.45) is 2.09. The summed E-state index contributed by atoms with van der Waals surface area (Å²) < 4.78 is 0. The van der Waals surface area contributed by atoms with Crippen molar-refractivity contribution in [1.29, 1.82) is 0 Å². The van der Waals surface area contributed by atoms with Gasteiger partial charge in [-0.15, -0.1) is 0 Å². The van der Waals surface area contributed by atoms with Crippen LogP contribution in [0.25, 0.3) is 0 Å². The summed E-state index contributed by atoms with van der Waals surface area (Å²) in [5.41, 5.74) is 2.87. The van der Waals surface area contributed by atoms with E-state index in [1.54, 1.807) is 4.90 Å². The molecule has 0 aromatic heterocycles. The number of fused-ring (bicyclic) bond motifs is 1. The van der Waals surface area contributed by atoms with Crippen LogP contribution in [0.3, 0.4) is 0 Å². The lowest BCUT2D eigenvalue weighted by atomic mass is 9.97. The number of nitrogens with zero attached hydrogens (tertiary/aromatic N) is 3. The first-order valence-corrected chi connectivity index (χ1v) is 12.3. The van der Waals surface area contributed by atoms with E-state index in [-0.39, 0.29) is 12.3 Å². The smallest absolute Gasteiger partial charge is 0.243 e. The van der Waals surface area contributed by atoms with Gasteiger partial charge in [-0.1, -0.05) is 34.1 Å². The van der Waals surface area contributed by atoms with Crippen molar-refractivity contribution in [3.63, 3.8) is 0 Å². The van der Waals surface area contributed by atoms with Gasteiger partial charge in [0.25, 0.3) is 0 Å². The van der Waals surface area contributed by atoms with Crippen molar-refractivity contribution >= 4 is 39.8 Å². The van der Waals surface area contributed by atoms with E-state index in [2.05, 4.69) is 37.1 Å². The number of nitrogens with one attached hydrogen (secondary N) is 1. The molecule has 2 amide bonds. The second kappa shape index (κ2) is 10.3. The van der Waals surface area contributed by atoms with Crippen LogP contribution in [0.5, 0.6) is 0 Å². The predicted octanol–water partition coefficient (Wildman–Crippen LogP) is 1.02. The first-order valence-electron chi connectivity index (χ1n) is 11.2. The quantitative estimate of drug-likeness (QED) is 0.244. The van der Waals surface area contributed by atoms with Crippen molar-refractivity contribution in [3.05, 3.63) is 34.9 Å². The number of amides is 2. The average Bonchev–Trinajstić information content (AvgIpc) is 3.16. The number of hydrogen-bond acceptors (Lipinski definition) is 7. The standard InChI is InChI=1S/C23H29BrN4O4/c24-6-1-7-26-8-10-27(11-9-26)13-16-2-3-17-14-28(19-4-5-21(31)25-23(19)32)22(18(17)12-16)20(30)15-29/h2-3,12,15,19,22H,1,4-11,13-14H2,(H,25,31,32). The first-order chi connectivity index (χ1) is 15.5. The normalized spacial score (nSPS) is 24.9. The highest BCUT2D eigenvalue weighted by atomic mass is 79.9. The number of halogens is 1. The molecule has 0 spiro atoms. The predicted molar refractivity (Wildman–Crippen MR) is 122 cm³/mol. The van der Waals surface area contributed by atoms with E-state index >= 15 is 0 Å². The maximum Gasteiger partial charge on any atom is 0.243 e. The second-order valence-electron chi connectivity index (χ2n) is 8.76. The van der Waals surface area contributed by atoms with Crippen LogP contribution in [0.1, 0.15) is 42.0 Å². The number of alkyl halides is 1. The van der Waals surface area contributed by atoms with E-state index in [0.717, 1.165) is 67.7 Å². The van der Waals surface area contributed by atoms with Gasteiger partial charge in [-0.05, 0) is 36.1 Å². The van der Waals surface area contributed by atoms with Gasteiger partial charge in [0.15, 0.2) is 6.29 Å². The molecule has 0 bridgehead atoms. The fourth-order valence-corrected chi connectivity index (χ4v) is 5.24. The minimum Gasteiger partial charge on any atom is -0.301 e. The molecule has 172 valence electrons. The van der Waals surface area contributed by atoms with Gasteiger partial charge in [0.1, 0.15) is 6.04 Å². The number of carbonyl (C=O) groups excluding carboxylic acids is 4. The summed E-state index contributed by atoms with van der Waals surface area (Å²) in [6, 6.07) is 4.74. The van der Waals surface area contributed by atoms with Crippen LogP contribution in [0.15, 0.2) is 18.2 Å². The maximum absolute atomic E-state index is 12.6. The molecule has 4 rings (SSSR count). The fraction of sp³-hybridized carbons (Fsp3) is 0.565. The van der Waals surface area contributed by atoms with E-state index in [1.807, 2.05) is 12.1 Å². The van der Waals surface area contributed by atoms with Crippen molar-refractivity contribution in [2.24, 2.45) is 0 Å². The molecule has 9 heteroatoms. The largest absolute Gasteiger partial charge is 0.301 e. The van der Waals surface area contributed by atoms with E-state index in [4.69, 9.17) is 0 Å². The van der Waals surface area contributed by atoms with E-state index in [9.17, 15) is 19.2 Å². The number of imide groups is 1. The molecule has 0 saturated carbocycles. The Labute approximate surface area is 196 Å². The lowest BCUT2D eigenvalue weighted by Crippen LogP contribution is -2.52. The Bertz CT molecular complexity index is 900. The third-order valence-electron chi connectivity index (χ3n) is 6.66. The summed E-state index contributed by atoms with van der Waals surface area (Å²) >= 11 is 3.49. The van der Waals surface area contributed by atoms with Crippen LogP contribution in [0, 0.1) is 0 Å². The van der Waals surface area contributed by atoms with Gasteiger partial charge >= 0.3 is 0 Å². The molecule has 3 aliphatic heterocycles. The molecule has 2 saturated heterocycles. The SMILES string of the molecule is O=CC(=O)C1c2cc(CN3CCN(CCCBr)CC3)ccc2CN1C1CCC(=O)NC1=O. The van der Waals surface area contributed by atoms with Gasteiger partial charge < -0.3 is 4.90 Å². The van der Waals surface area contributed by atoms with Crippen LogP contribution in [0.2, 0.25) is 0 Å². The third kappa shape index (κ3) is 5.01. The van der Waals surface area contributed by atoms with Crippen LogP contribution in [-0.4, -0.2) is 82.7 Å². The molecule has 8 nitrogen and oxygen atoms in total. The minimum atomic E-state index is -0.771. The Morgan fingerprint density at radius 3 is 2.59 bits per heavy atom. The number of rotatable bonds is 8. The Morgan fingerprint density at radius 1 is 1.16 bits per heavy atom. The summed E-state index contributed by atoms with van der Waals surface area (Å²) in [7, 11) is 0. The molecule has 2 fully saturated rings. The third-order valence-corrected chi connectivity index (χ3v) is 7.23. The molecular formula is C23H29BrN4O4. The average molecular weight is 505 g/mol. The maximum atomic E-state index is 12.6. The molecule has 1 aromatic rings. The highest BCUT2D eigenvalue weighted by molar-refractivity contribution is 9.09. The first kappa shape index (κ1) is 23.2.